The van der Waals surface area contributed by atoms with Gasteiger partial charge in [0, 0.05) is 26.5 Å². The molecule has 0 unspecified atom stereocenters. The first-order valence-corrected chi connectivity index (χ1v) is 5.85. The first-order valence-electron chi connectivity index (χ1n) is 5.85. The second-order valence-electron chi connectivity index (χ2n) is 4.12. The minimum Gasteiger partial charge on any atom is -0.363 e. The maximum absolute atomic E-state index is 11.8. The van der Waals surface area contributed by atoms with Gasteiger partial charge in [-0.25, -0.2) is 9.97 Å². The third-order valence-electron chi connectivity index (χ3n) is 2.45. The molecule has 0 aliphatic heterocycles. The van der Waals surface area contributed by atoms with Crippen LogP contribution < -0.4 is 10.2 Å². The summed E-state index contributed by atoms with van der Waals surface area (Å²) in [6.45, 7) is 0.275. The first kappa shape index (κ1) is 12.9. The number of anilines is 1. The SMILES string of the molecule is CN(C)c1ccnc(CNC(=O)c2ccccn2)n1. The number of hydrogen-bond donors (Lipinski definition) is 1. The van der Waals surface area contributed by atoms with E-state index in [0.717, 1.165) is 5.82 Å². The lowest BCUT2D eigenvalue weighted by atomic mass is 10.3. The Kier molecular flexibility index (Phi) is 4.02. The van der Waals surface area contributed by atoms with Gasteiger partial charge in [0.2, 0.25) is 0 Å². The smallest absolute Gasteiger partial charge is 0.270 e. The number of rotatable bonds is 4. The van der Waals surface area contributed by atoms with E-state index < -0.39 is 0 Å². The Bertz CT molecular complexity index is 556. The maximum Gasteiger partial charge on any atom is 0.270 e. The van der Waals surface area contributed by atoms with Crippen LogP contribution in [0.5, 0.6) is 0 Å². The highest BCUT2D eigenvalue weighted by molar-refractivity contribution is 5.92. The van der Waals surface area contributed by atoms with E-state index >= 15 is 0 Å². The van der Waals surface area contributed by atoms with Crippen molar-refractivity contribution >= 4 is 11.7 Å². The van der Waals surface area contributed by atoms with Gasteiger partial charge in [0.05, 0.1) is 6.54 Å². The molecule has 98 valence electrons. The number of nitrogens with zero attached hydrogens (tertiary/aromatic N) is 4. The molecule has 0 radical (unpaired) electrons. The molecule has 0 spiro atoms. The van der Waals surface area contributed by atoms with Crippen molar-refractivity contribution in [2.45, 2.75) is 6.54 Å². The zero-order chi connectivity index (χ0) is 13.7. The van der Waals surface area contributed by atoms with E-state index in [0.29, 0.717) is 11.5 Å². The molecule has 2 heterocycles. The highest BCUT2D eigenvalue weighted by atomic mass is 16.1. The predicted molar refractivity (Wildman–Crippen MR) is 71.8 cm³/mol. The second kappa shape index (κ2) is 5.90. The quantitative estimate of drug-likeness (QED) is 0.880. The lowest BCUT2D eigenvalue weighted by molar-refractivity contribution is 0.0945. The Labute approximate surface area is 111 Å². The van der Waals surface area contributed by atoms with Crippen LogP contribution in [0.3, 0.4) is 0 Å². The molecular weight excluding hydrogens is 242 g/mol. The molecule has 0 fully saturated rings. The minimum absolute atomic E-state index is 0.237. The molecule has 0 aliphatic rings. The fraction of sp³-hybridized carbons (Fsp3) is 0.231. The average molecular weight is 257 g/mol. The summed E-state index contributed by atoms with van der Waals surface area (Å²) in [6, 6.07) is 7.00. The van der Waals surface area contributed by atoms with Crippen LogP contribution in [0.25, 0.3) is 0 Å². The van der Waals surface area contributed by atoms with Gasteiger partial charge in [-0.15, -0.1) is 0 Å². The van der Waals surface area contributed by atoms with Crippen LogP contribution in [-0.4, -0.2) is 35.0 Å². The number of carbonyl (C=O) groups is 1. The van der Waals surface area contributed by atoms with Crippen LogP contribution in [-0.2, 0) is 6.54 Å². The van der Waals surface area contributed by atoms with Crippen molar-refractivity contribution in [3.8, 4) is 0 Å². The number of pyridine rings is 1. The van der Waals surface area contributed by atoms with Crippen molar-refractivity contribution in [1.82, 2.24) is 20.3 Å². The number of amides is 1. The van der Waals surface area contributed by atoms with Gasteiger partial charge in [-0.2, -0.15) is 0 Å². The monoisotopic (exact) mass is 257 g/mol. The highest BCUT2D eigenvalue weighted by Crippen LogP contribution is 2.05. The lowest BCUT2D eigenvalue weighted by Gasteiger charge is -2.11. The first-order chi connectivity index (χ1) is 9.16. The molecule has 0 bridgehead atoms. The van der Waals surface area contributed by atoms with Gasteiger partial charge in [0.15, 0.2) is 0 Å². The summed E-state index contributed by atoms with van der Waals surface area (Å²) in [5.41, 5.74) is 0.381. The summed E-state index contributed by atoms with van der Waals surface area (Å²) in [7, 11) is 3.80. The molecular formula is C13H15N5O. The molecule has 2 rings (SSSR count). The van der Waals surface area contributed by atoms with Crippen LogP contribution in [0.15, 0.2) is 36.7 Å². The largest absolute Gasteiger partial charge is 0.363 e. The Morgan fingerprint density at radius 3 is 2.74 bits per heavy atom. The highest BCUT2D eigenvalue weighted by Gasteiger charge is 2.07. The van der Waals surface area contributed by atoms with Crippen molar-refractivity contribution in [3.63, 3.8) is 0 Å². The van der Waals surface area contributed by atoms with Gasteiger partial charge < -0.3 is 10.2 Å². The van der Waals surface area contributed by atoms with Gasteiger partial charge in [0.25, 0.3) is 5.91 Å². The topological polar surface area (TPSA) is 71.0 Å². The van der Waals surface area contributed by atoms with Gasteiger partial charge in [-0.3, -0.25) is 9.78 Å². The molecule has 1 N–H and O–H groups in total. The molecule has 1 amide bonds. The summed E-state index contributed by atoms with van der Waals surface area (Å²) >= 11 is 0. The number of hydrogen-bond acceptors (Lipinski definition) is 5. The van der Waals surface area contributed by atoms with Crippen LogP contribution in [0, 0.1) is 0 Å². The van der Waals surface area contributed by atoms with Crippen molar-refractivity contribution in [3.05, 3.63) is 48.2 Å². The number of aromatic nitrogens is 3. The molecule has 6 nitrogen and oxygen atoms in total. The van der Waals surface area contributed by atoms with E-state index in [-0.39, 0.29) is 12.5 Å². The molecule has 0 aliphatic carbocycles. The Morgan fingerprint density at radius 2 is 2.05 bits per heavy atom. The number of carbonyl (C=O) groups excluding carboxylic acids is 1. The molecule has 6 heteroatoms. The molecule has 0 aromatic carbocycles. The summed E-state index contributed by atoms with van der Waals surface area (Å²) in [5.74, 6) is 1.13. The zero-order valence-corrected chi connectivity index (χ0v) is 10.9. The normalized spacial score (nSPS) is 10.0. The third-order valence-corrected chi connectivity index (χ3v) is 2.45. The second-order valence-corrected chi connectivity index (χ2v) is 4.12. The van der Waals surface area contributed by atoms with E-state index in [4.69, 9.17) is 0 Å². The zero-order valence-electron chi connectivity index (χ0n) is 10.9. The third kappa shape index (κ3) is 3.48. The molecule has 0 atom stereocenters. The van der Waals surface area contributed by atoms with Crippen LogP contribution >= 0.6 is 0 Å². The van der Waals surface area contributed by atoms with E-state index in [2.05, 4.69) is 20.3 Å². The van der Waals surface area contributed by atoms with Crippen molar-refractivity contribution < 1.29 is 4.79 Å². The van der Waals surface area contributed by atoms with Crippen LogP contribution in [0.4, 0.5) is 5.82 Å². The maximum atomic E-state index is 11.8. The van der Waals surface area contributed by atoms with Gasteiger partial charge >= 0.3 is 0 Å². The molecule has 0 saturated carbocycles. The summed E-state index contributed by atoms with van der Waals surface area (Å²) < 4.78 is 0. The fourth-order valence-corrected chi connectivity index (χ4v) is 1.47. The Balaban J connectivity index is 1.99. The predicted octanol–water partition coefficient (Wildman–Crippen LogP) is 0.868. The summed E-state index contributed by atoms with van der Waals surface area (Å²) in [5, 5.41) is 2.74. The molecule has 2 aromatic rings. The molecule has 19 heavy (non-hydrogen) atoms. The van der Waals surface area contributed by atoms with Crippen LogP contribution in [0.1, 0.15) is 16.3 Å². The van der Waals surface area contributed by atoms with Crippen molar-refractivity contribution in [2.75, 3.05) is 19.0 Å². The van der Waals surface area contributed by atoms with Gasteiger partial charge in [-0.05, 0) is 18.2 Å². The molecule has 0 saturated heterocycles. The lowest BCUT2D eigenvalue weighted by Crippen LogP contribution is -2.25. The van der Waals surface area contributed by atoms with E-state index in [1.54, 1.807) is 30.6 Å². The Hall–Kier alpha value is -2.50. The van der Waals surface area contributed by atoms with Crippen molar-refractivity contribution in [2.24, 2.45) is 0 Å². The Morgan fingerprint density at radius 1 is 1.21 bits per heavy atom. The van der Waals surface area contributed by atoms with Gasteiger partial charge in [0.1, 0.15) is 17.3 Å². The van der Waals surface area contributed by atoms with E-state index in [9.17, 15) is 4.79 Å². The van der Waals surface area contributed by atoms with Crippen molar-refractivity contribution in [1.29, 1.82) is 0 Å². The average Bonchev–Trinajstić information content (AvgIpc) is 2.46. The minimum atomic E-state index is -0.237. The summed E-state index contributed by atoms with van der Waals surface area (Å²) in [6.07, 6.45) is 3.25. The van der Waals surface area contributed by atoms with E-state index in [1.807, 2.05) is 25.1 Å². The van der Waals surface area contributed by atoms with Crippen LogP contribution in [0.2, 0.25) is 0 Å². The standard InChI is InChI=1S/C13H15N5O/c1-18(2)12-6-8-15-11(17-12)9-16-13(19)10-5-3-4-7-14-10/h3-8H,9H2,1-2H3,(H,16,19). The van der Waals surface area contributed by atoms with Gasteiger partial charge in [-0.1, -0.05) is 6.07 Å². The molecule has 2 aromatic heterocycles. The fourth-order valence-electron chi connectivity index (χ4n) is 1.47. The number of nitrogens with one attached hydrogen (secondary N) is 1. The van der Waals surface area contributed by atoms with E-state index in [1.165, 1.54) is 0 Å². The summed E-state index contributed by atoms with van der Waals surface area (Å²) in [4.78, 5) is 26.1.